The number of aliphatic hydroxyl groups is 1. The number of carbonyl (C=O) groups excluding carboxylic acids is 1. The van der Waals surface area contributed by atoms with Crippen molar-refractivity contribution in [2.45, 2.75) is 19.4 Å². The van der Waals surface area contributed by atoms with Gasteiger partial charge in [0.25, 0.3) is 0 Å². The van der Waals surface area contributed by atoms with Gasteiger partial charge in [-0.3, -0.25) is 9.69 Å². The quantitative estimate of drug-likeness (QED) is 0.807. The van der Waals surface area contributed by atoms with Crippen molar-refractivity contribution in [3.05, 3.63) is 24.3 Å². The molecule has 1 aliphatic rings. The van der Waals surface area contributed by atoms with Crippen molar-refractivity contribution in [1.82, 2.24) is 4.90 Å². The highest BCUT2D eigenvalue weighted by Crippen LogP contribution is 2.18. The number of likely N-dealkylation sites (tertiary alicyclic amines) is 1. The molecule has 1 aromatic rings. The molecule has 0 aromatic heterocycles. The maximum absolute atomic E-state index is 12.3. The van der Waals surface area contributed by atoms with Crippen LogP contribution in [0.25, 0.3) is 0 Å². The lowest BCUT2D eigenvalue weighted by Gasteiger charge is -2.34. The monoisotopic (exact) mass is 277 g/mol. The van der Waals surface area contributed by atoms with E-state index in [1.165, 1.54) is 0 Å². The Morgan fingerprint density at radius 3 is 2.70 bits per heavy atom. The number of nitrogens with two attached hydrogens (primary N) is 1. The molecule has 2 atom stereocenters. The number of amides is 1. The first-order valence-electron chi connectivity index (χ1n) is 7.00. The summed E-state index contributed by atoms with van der Waals surface area (Å²) in [6.07, 6.45) is 0.596. The number of anilines is 2. The Labute approximate surface area is 120 Å². The molecule has 0 saturated carbocycles. The van der Waals surface area contributed by atoms with Gasteiger partial charge in [-0.05, 0) is 43.1 Å². The minimum Gasteiger partial charge on any atom is -0.399 e. The second-order valence-electron chi connectivity index (χ2n) is 5.61. The second kappa shape index (κ2) is 6.24. The average molecular weight is 277 g/mol. The summed E-state index contributed by atoms with van der Waals surface area (Å²) in [5.41, 5.74) is 7.15. The van der Waals surface area contributed by atoms with Crippen molar-refractivity contribution < 1.29 is 9.90 Å². The van der Waals surface area contributed by atoms with E-state index in [0.717, 1.165) is 18.7 Å². The molecule has 0 bridgehead atoms. The lowest BCUT2D eigenvalue weighted by atomic mass is 9.96. The summed E-state index contributed by atoms with van der Waals surface area (Å²) in [6.45, 7) is 3.82. The van der Waals surface area contributed by atoms with Gasteiger partial charge in [0.05, 0.1) is 12.6 Å². The van der Waals surface area contributed by atoms with Crippen LogP contribution < -0.4 is 10.6 Å². The zero-order valence-corrected chi connectivity index (χ0v) is 12.1. The summed E-state index contributed by atoms with van der Waals surface area (Å²) in [5.74, 6) is 0.340. The number of benzene rings is 1. The topological polar surface area (TPSA) is 69.8 Å². The summed E-state index contributed by atoms with van der Waals surface area (Å²) in [7, 11) is 1.76. The minimum atomic E-state index is -0.335. The Kier molecular flexibility index (Phi) is 4.62. The number of likely N-dealkylation sites (N-methyl/N-ethyl adjacent to an activating group) is 1. The molecule has 1 amide bonds. The number of aliphatic hydroxyl groups excluding tert-OH is 1. The van der Waals surface area contributed by atoms with Crippen LogP contribution in [-0.4, -0.2) is 48.7 Å². The molecule has 5 heteroatoms. The molecule has 0 spiro atoms. The first-order valence-corrected chi connectivity index (χ1v) is 7.00. The van der Waals surface area contributed by atoms with Gasteiger partial charge < -0.3 is 15.7 Å². The fraction of sp³-hybridized carbons (Fsp3) is 0.533. The van der Waals surface area contributed by atoms with Crippen molar-refractivity contribution in [3.63, 3.8) is 0 Å². The van der Waals surface area contributed by atoms with E-state index in [2.05, 4.69) is 0 Å². The fourth-order valence-corrected chi connectivity index (χ4v) is 2.40. The van der Waals surface area contributed by atoms with Crippen LogP contribution in [0, 0.1) is 5.92 Å². The first kappa shape index (κ1) is 14.8. The van der Waals surface area contributed by atoms with E-state index in [4.69, 9.17) is 5.73 Å². The van der Waals surface area contributed by atoms with Crippen LogP contribution in [0.5, 0.6) is 0 Å². The lowest BCUT2D eigenvalue weighted by molar-refractivity contribution is -0.120. The molecule has 3 N–H and O–H groups in total. The van der Waals surface area contributed by atoms with Gasteiger partial charge in [-0.15, -0.1) is 0 Å². The molecule has 1 saturated heterocycles. The number of nitrogen functional groups attached to an aromatic ring is 1. The molecule has 1 aromatic carbocycles. The van der Waals surface area contributed by atoms with E-state index in [9.17, 15) is 9.90 Å². The van der Waals surface area contributed by atoms with E-state index < -0.39 is 0 Å². The van der Waals surface area contributed by atoms with E-state index in [1.807, 2.05) is 24.0 Å². The summed E-state index contributed by atoms with van der Waals surface area (Å²) in [4.78, 5) is 15.9. The number of β-amino-alcohol motifs (C(OH)–C–C–N with tert-alkyl or cyclic N) is 1. The average Bonchev–Trinajstić information content (AvgIpc) is 2.43. The third-order valence-electron chi connectivity index (χ3n) is 4.02. The van der Waals surface area contributed by atoms with Crippen molar-refractivity contribution in [2.75, 3.05) is 37.3 Å². The third kappa shape index (κ3) is 3.49. The van der Waals surface area contributed by atoms with E-state index >= 15 is 0 Å². The molecule has 0 aliphatic carbocycles. The second-order valence-corrected chi connectivity index (χ2v) is 5.61. The maximum atomic E-state index is 12.3. The Bertz CT molecular complexity index is 461. The van der Waals surface area contributed by atoms with Gasteiger partial charge in [0.15, 0.2) is 0 Å². The van der Waals surface area contributed by atoms with Crippen LogP contribution in [0.3, 0.4) is 0 Å². The van der Waals surface area contributed by atoms with Gasteiger partial charge in [0.1, 0.15) is 0 Å². The standard InChI is InChI=1S/C15H23N3O2/c1-11-7-8-18(9-14(11)19)10-15(20)17(2)13-5-3-12(16)4-6-13/h3-6,11,14,19H,7-10,16H2,1-2H3. The normalized spacial score (nSPS) is 23.6. The van der Waals surface area contributed by atoms with Crippen LogP contribution in [0.4, 0.5) is 11.4 Å². The van der Waals surface area contributed by atoms with Crippen molar-refractivity contribution in [2.24, 2.45) is 5.92 Å². The van der Waals surface area contributed by atoms with Gasteiger partial charge in [-0.25, -0.2) is 0 Å². The van der Waals surface area contributed by atoms with E-state index in [1.54, 1.807) is 24.1 Å². The van der Waals surface area contributed by atoms with Crippen LogP contribution in [0.2, 0.25) is 0 Å². The zero-order valence-electron chi connectivity index (χ0n) is 12.1. The van der Waals surface area contributed by atoms with Gasteiger partial charge in [0, 0.05) is 25.0 Å². The summed E-state index contributed by atoms with van der Waals surface area (Å²) < 4.78 is 0. The SMILES string of the molecule is CC1CCN(CC(=O)N(C)c2ccc(N)cc2)CC1O. The number of hydrogen-bond acceptors (Lipinski definition) is 4. The van der Waals surface area contributed by atoms with Gasteiger partial charge in [0.2, 0.25) is 5.91 Å². The van der Waals surface area contributed by atoms with Crippen LogP contribution >= 0.6 is 0 Å². The summed E-state index contributed by atoms with van der Waals surface area (Å²) in [5, 5.41) is 9.87. The van der Waals surface area contributed by atoms with Crippen LogP contribution in [-0.2, 0) is 4.79 Å². The van der Waals surface area contributed by atoms with Gasteiger partial charge in [-0.1, -0.05) is 6.92 Å². The Balaban J connectivity index is 1.93. The van der Waals surface area contributed by atoms with Crippen molar-refractivity contribution in [3.8, 4) is 0 Å². The predicted octanol–water partition coefficient (Wildman–Crippen LogP) is 0.934. The van der Waals surface area contributed by atoms with Crippen molar-refractivity contribution >= 4 is 17.3 Å². The summed E-state index contributed by atoms with van der Waals surface area (Å²) in [6, 6.07) is 7.23. The van der Waals surface area contributed by atoms with Crippen LogP contribution in [0.1, 0.15) is 13.3 Å². The number of hydrogen-bond donors (Lipinski definition) is 2. The van der Waals surface area contributed by atoms with Gasteiger partial charge in [-0.2, -0.15) is 0 Å². The van der Waals surface area contributed by atoms with E-state index in [0.29, 0.717) is 24.7 Å². The molecule has 2 rings (SSSR count). The molecular formula is C15H23N3O2. The Hall–Kier alpha value is -1.59. The molecular weight excluding hydrogens is 254 g/mol. The molecule has 2 unspecified atom stereocenters. The number of piperidine rings is 1. The lowest BCUT2D eigenvalue weighted by Crippen LogP contribution is -2.47. The zero-order chi connectivity index (χ0) is 14.7. The number of carbonyl (C=O) groups is 1. The molecule has 1 fully saturated rings. The minimum absolute atomic E-state index is 0.0246. The van der Waals surface area contributed by atoms with Gasteiger partial charge >= 0.3 is 0 Å². The molecule has 5 nitrogen and oxygen atoms in total. The Morgan fingerprint density at radius 1 is 1.45 bits per heavy atom. The number of nitrogens with zero attached hydrogens (tertiary/aromatic N) is 2. The third-order valence-corrected chi connectivity index (χ3v) is 4.02. The molecule has 1 heterocycles. The molecule has 110 valence electrons. The van der Waals surface area contributed by atoms with E-state index in [-0.39, 0.29) is 12.0 Å². The highest BCUT2D eigenvalue weighted by Gasteiger charge is 2.26. The largest absolute Gasteiger partial charge is 0.399 e. The summed E-state index contributed by atoms with van der Waals surface area (Å²) >= 11 is 0. The highest BCUT2D eigenvalue weighted by atomic mass is 16.3. The smallest absolute Gasteiger partial charge is 0.240 e. The predicted molar refractivity (Wildman–Crippen MR) is 80.5 cm³/mol. The number of rotatable bonds is 3. The molecule has 1 aliphatic heterocycles. The van der Waals surface area contributed by atoms with Crippen LogP contribution in [0.15, 0.2) is 24.3 Å². The first-order chi connectivity index (χ1) is 9.47. The maximum Gasteiger partial charge on any atom is 0.240 e. The molecule has 20 heavy (non-hydrogen) atoms. The molecule has 0 radical (unpaired) electrons. The Morgan fingerprint density at radius 2 is 2.10 bits per heavy atom. The van der Waals surface area contributed by atoms with Crippen molar-refractivity contribution in [1.29, 1.82) is 0 Å². The fourth-order valence-electron chi connectivity index (χ4n) is 2.40. The highest BCUT2D eigenvalue weighted by molar-refractivity contribution is 5.94.